The Balaban J connectivity index is 0.00000210. The molecule has 2 saturated heterocycles. The lowest BCUT2D eigenvalue weighted by atomic mass is 9.98. The molecule has 27 heavy (non-hydrogen) atoms. The van der Waals surface area contributed by atoms with Crippen LogP contribution in [0.15, 0.2) is 47.1 Å². The van der Waals surface area contributed by atoms with Crippen LogP contribution < -0.4 is 10.6 Å². The molecule has 2 fully saturated rings. The topological polar surface area (TPSA) is 74.6 Å². The van der Waals surface area contributed by atoms with Gasteiger partial charge in [0.15, 0.2) is 5.76 Å². The maximum Gasteiger partial charge on any atom is 0.291 e. The summed E-state index contributed by atoms with van der Waals surface area (Å²) < 4.78 is 5.10. The fourth-order valence-electron chi connectivity index (χ4n) is 4.04. The zero-order chi connectivity index (χ0) is 18.1. The van der Waals surface area contributed by atoms with Crippen LogP contribution in [0.2, 0.25) is 0 Å². The summed E-state index contributed by atoms with van der Waals surface area (Å²) in [4.78, 5) is 26.9. The Morgan fingerprint density at radius 1 is 1.15 bits per heavy atom. The van der Waals surface area contributed by atoms with Gasteiger partial charge in [0.25, 0.3) is 11.8 Å². The van der Waals surface area contributed by atoms with E-state index in [1.165, 1.54) is 19.1 Å². The highest BCUT2D eigenvalue weighted by molar-refractivity contribution is 6.03. The summed E-state index contributed by atoms with van der Waals surface area (Å²) in [5, 5.41) is 6.37. The molecule has 2 N–H and O–H groups in total. The molecule has 6 nitrogen and oxygen atoms in total. The molecule has 0 spiro atoms. The third-order valence-corrected chi connectivity index (χ3v) is 5.43. The van der Waals surface area contributed by atoms with Crippen molar-refractivity contribution in [3.05, 3.63) is 54.0 Å². The van der Waals surface area contributed by atoms with Crippen molar-refractivity contribution in [3.63, 3.8) is 0 Å². The number of halogens is 1. The highest BCUT2D eigenvalue weighted by atomic mass is 35.5. The van der Waals surface area contributed by atoms with E-state index in [0.717, 1.165) is 12.8 Å². The van der Waals surface area contributed by atoms with Crippen LogP contribution in [0.4, 0.5) is 5.69 Å². The van der Waals surface area contributed by atoms with Crippen molar-refractivity contribution in [1.82, 2.24) is 10.2 Å². The minimum absolute atomic E-state index is 0. The third-order valence-electron chi connectivity index (χ3n) is 5.43. The number of hydrogen-bond acceptors (Lipinski definition) is 4. The molecule has 2 aromatic rings. The van der Waals surface area contributed by atoms with Gasteiger partial charge in [-0.15, -0.1) is 12.4 Å². The first kappa shape index (κ1) is 19.5. The van der Waals surface area contributed by atoms with E-state index < -0.39 is 0 Å². The number of carbonyl (C=O) groups excluding carboxylic acids is 2. The Morgan fingerprint density at radius 2 is 1.89 bits per heavy atom. The van der Waals surface area contributed by atoms with Crippen molar-refractivity contribution in [2.24, 2.45) is 0 Å². The molecule has 2 aliphatic heterocycles. The van der Waals surface area contributed by atoms with Gasteiger partial charge < -0.3 is 20.0 Å². The van der Waals surface area contributed by atoms with E-state index in [1.54, 1.807) is 36.4 Å². The van der Waals surface area contributed by atoms with E-state index in [0.29, 0.717) is 23.3 Å². The number of nitrogens with zero attached hydrogens (tertiary/aromatic N) is 1. The maximum atomic E-state index is 12.9. The van der Waals surface area contributed by atoms with Crippen LogP contribution in [0.25, 0.3) is 0 Å². The standard InChI is InChI=1S/C20H23N3O3.ClH/c1-23(17-11-15-7-8-16(12-17)21-15)20(25)13-4-2-5-14(10-13)22-19(24)18-6-3-9-26-18;/h2-6,9-10,15-17,21H,7-8,11-12H2,1H3,(H,22,24);1H. The van der Waals surface area contributed by atoms with Gasteiger partial charge >= 0.3 is 0 Å². The maximum absolute atomic E-state index is 12.9. The summed E-state index contributed by atoms with van der Waals surface area (Å²) in [5.74, 6) is -0.0997. The van der Waals surface area contributed by atoms with Crippen LogP contribution >= 0.6 is 12.4 Å². The predicted molar refractivity (Wildman–Crippen MR) is 105 cm³/mol. The number of benzene rings is 1. The number of anilines is 1. The van der Waals surface area contributed by atoms with Crippen molar-refractivity contribution < 1.29 is 14.0 Å². The number of fused-ring (bicyclic) bond motifs is 2. The molecule has 2 amide bonds. The molecule has 2 atom stereocenters. The number of furan rings is 1. The second-order valence-corrected chi connectivity index (χ2v) is 7.19. The second kappa shape index (κ2) is 8.15. The summed E-state index contributed by atoms with van der Waals surface area (Å²) in [6.45, 7) is 0. The summed E-state index contributed by atoms with van der Waals surface area (Å²) in [6.07, 6.45) is 5.88. The molecule has 4 rings (SSSR count). The average Bonchev–Trinajstić information content (AvgIpc) is 3.30. The van der Waals surface area contributed by atoms with E-state index in [2.05, 4.69) is 10.6 Å². The Hall–Kier alpha value is -2.31. The lowest BCUT2D eigenvalue weighted by Gasteiger charge is -2.35. The van der Waals surface area contributed by atoms with Crippen molar-refractivity contribution in [1.29, 1.82) is 0 Å². The average molecular weight is 390 g/mol. The van der Waals surface area contributed by atoms with Crippen molar-refractivity contribution in [2.45, 2.75) is 43.8 Å². The molecule has 2 aliphatic rings. The molecular weight excluding hydrogens is 366 g/mol. The molecule has 2 bridgehead atoms. The molecule has 1 aromatic carbocycles. The van der Waals surface area contributed by atoms with Crippen LogP contribution in [0, 0.1) is 0 Å². The van der Waals surface area contributed by atoms with Gasteiger partial charge in [-0.2, -0.15) is 0 Å². The Morgan fingerprint density at radius 3 is 2.56 bits per heavy atom. The summed E-state index contributed by atoms with van der Waals surface area (Å²) in [6, 6.07) is 11.7. The fourth-order valence-corrected chi connectivity index (χ4v) is 4.04. The highest BCUT2D eigenvalue weighted by Crippen LogP contribution is 2.30. The largest absolute Gasteiger partial charge is 0.459 e. The first-order chi connectivity index (χ1) is 12.6. The van der Waals surface area contributed by atoms with Gasteiger partial charge in [0.05, 0.1) is 6.26 Å². The molecule has 144 valence electrons. The van der Waals surface area contributed by atoms with Gasteiger partial charge in [0, 0.05) is 36.4 Å². The summed E-state index contributed by atoms with van der Waals surface area (Å²) in [5.41, 5.74) is 1.16. The minimum Gasteiger partial charge on any atom is -0.459 e. The molecule has 0 saturated carbocycles. The monoisotopic (exact) mass is 389 g/mol. The van der Waals surface area contributed by atoms with E-state index in [-0.39, 0.29) is 36.0 Å². The van der Waals surface area contributed by atoms with E-state index in [9.17, 15) is 9.59 Å². The number of piperidine rings is 1. The first-order valence-corrected chi connectivity index (χ1v) is 9.08. The smallest absolute Gasteiger partial charge is 0.291 e. The predicted octanol–water partition coefficient (Wildman–Crippen LogP) is 3.31. The number of rotatable bonds is 4. The van der Waals surface area contributed by atoms with E-state index in [4.69, 9.17) is 4.42 Å². The van der Waals surface area contributed by atoms with Gasteiger partial charge in [-0.3, -0.25) is 9.59 Å². The molecule has 7 heteroatoms. The number of carbonyl (C=O) groups is 2. The Kier molecular flexibility index (Phi) is 5.87. The fraction of sp³-hybridized carbons (Fsp3) is 0.400. The van der Waals surface area contributed by atoms with Crippen molar-refractivity contribution in [2.75, 3.05) is 12.4 Å². The van der Waals surface area contributed by atoms with Crippen LogP contribution in [0.5, 0.6) is 0 Å². The normalized spacial score (nSPS) is 23.4. The molecule has 1 aromatic heterocycles. The van der Waals surface area contributed by atoms with Gasteiger partial charge in [-0.25, -0.2) is 0 Å². The van der Waals surface area contributed by atoms with Crippen LogP contribution in [-0.2, 0) is 0 Å². The van der Waals surface area contributed by atoms with Gasteiger partial charge in [-0.1, -0.05) is 6.07 Å². The molecule has 2 unspecified atom stereocenters. The second-order valence-electron chi connectivity index (χ2n) is 7.19. The number of hydrogen-bond donors (Lipinski definition) is 2. The van der Waals surface area contributed by atoms with Gasteiger partial charge in [-0.05, 0) is 56.0 Å². The lowest BCUT2D eigenvalue weighted by Crippen LogP contribution is -2.48. The van der Waals surface area contributed by atoms with Crippen LogP contribution in [0.1, 0.15) is 46.6 Å². The SMILES string of the molecule is CN(C(=O)c1cccc(NC(=O)c2ccco2)c1)C1CC2CCC(C1)N2.Cl. The molecule has 3 heterocycles. The van der Waals surface area contributed by atoms with Crippen molar-refractivity contribution in [3.8, 4) is 0 Å². The molecular formula is C20H24ClN3O3. The highest BCUT2D eigenvalue weighted by Gasteiger charge is 2.36. The van der Waals surface area contributed by atoms with Crippen LogP contribution in [0.3, 0.4) is 0 Å². The summed E-state index contributed by atoms with van der Waals surface area (Å²) in [7, 11) is 1.88. The van der Waals surface area contributed by atoms with E-state index in [1.807, 2.05) is 11.9 Å². The van der Waals surface area contributed by atoms with Crippen LogP contribution in [-0.4, -0.2) is 41.9 Å². The van der Waals surface area contributed by atoms with Gasteiger partial charge in [0.1, 0.15) is 0 Å². The van der Waals surface area contributed by atoms with E-state index >= 15 is 0 Å². The molecule has 0 radical (unpaired) electrons. The lowest BCUT2D eigenvalue weighted by molar-refractivity contribution is 0.0681. The minimum atomic E-state index is -0.331. The Bertz CT molecular complexity index is 797. The first-order valence-electron chi connectivity index (χ1n) is 9.08. The zero-order valence-corrected chi connectivity index (χ0v) is 16.0. The third kappa shape index (κ3) is 4.17. The molecule has 0 aliphatic carbocycles. The zero-order valence-electron chi connectivity index (χ0n) is 15.2. The quantitative estimate of drug-likeness (QED) is 0.841. The Labute approximate surface area is 164 Å². The van der Waals surface area contributed by atoms with Crippen molar-refractivity contribution >= 4 is 29.9 Å². The van der Waals surface area contributed by atoms with Gasteiger partial charge in [0.2, 0.25) is 0 Å². The summed E-state index contributed by atoms with van der Waals surface area (Å²) >= 11 is 0. The number of amides is 2. The number of nitrogens with one attached hydrogen (secondary N) is 2.